The minimum atomic E-state index is -4.15. The van der Waals surface area contributed by atoms with Crippen molar-refractivity contribution in [2.24, 2.45) is 9.54 Å². The molecule has 0 fully saturated rings. The van der Waals surface area contributed by atoms with Crippen LogP contribution in [0.3, 0.4) is 0 Å². The standard InChI is InChI=1S/C16H16ClN3O4S2/c17-12-9-13-15(10-14(12)25(18,21)22)26(23,24)20-16(19-13)8-4-7-11-5-2-1-3-6-11/h1-3,5-6,9-10H,4,7-8H2,(H,19,20)(H2,18,21,22). The van der Waals surface area contributed by atoms with Crippen LogP contribution in [0.15, 0.2) is 56.7 Å². The number of fused-ring (bicyclic) bond motifs is 1. The number of anilines is 1. The zero-order valence-electron chi connectivity index (χ0n) is 13.5. The van der Waals surface area contributed by atoms with Crippen molar-refractivity contribution in [3.05, 3.63) is 53.1 Å². The monoisotopic (exact) mass is 413 g/mol. The van der Waals surface area contributed by atoms with Gasteiger partial charge in [0.1, 0.15) is 15.6 Å². The van der Waals surface area contributed by atoms with E-state index in [4.69, 9.17) is 16.7 Å². The molecule has 3 N–H and O–H groups in total. The van der Waals surface area contributed by atoms with Crippen LogP contribution in [0.25, 0.3) is 0 Å². The molecule has 1 aliphatic heterocycles. The van der Waals surface area contributed by atoms with E-state index < -0.39 is 24.9 Å². The summed E-state index contributed by atoms with van der Waals surface area (Å²) in [5.41, 5.74) is 1.33. The predicted molar refractivity (Wildman–Crippen MR) is 100 cm³/mol. The number of aryl methyl sites for hydroxylation is 1. The number of benzene rings is 2. The van der Waals surface area contributed by atoms with E-state index >= 15 is 0 Å². The average molecular weight is 414 g/mol. The molecule has 0 radical (unpaired) electrons. The third-order valence-electron chi connectivity index (χ3n) is 3.85. The summed E-state index contributed by atoms with van der Waals surface area (Å²) in [6.07, 6.45) is 1.89. The molecule has 10 heteroatoms. The molecule has 7 nitrogen and oxygen atoms in total. The molecule has 0 aromatic heterocycles. The number of nitrogens with two attached hydrogens (primary N) is 1. The summed E-state index contributed by atoms with van der Waals surface area (Å²) in [6, 6.07) is 12.0. The van der Waals surface area contributed by atoms with Crippen LogP contribution in [0.4, 0.5) is 5.69 Å². The summed E-state index contributed by atoms with van der Waals surface area (Å²) in [7, 11) is -8.19. The van der Waals surface area contributed by atoms with Crippen LogP contribution in [0.1, 0.15) is 18.4 Å². The van der Waals surface area contributed by atoms with Gasteiger partial charge in [0.15, 0.2) is 0 Å². The zero-order valence-corrected chi connectivity index (χ0v) is 15.9. The van der Waals surface area contributed by atoms with E-state index in [9.17, 15) is 16.8 Å². The molecule has 1 heterocycles. The van der Waals surface area contributed by atoms with Gasteiger partial charge in [0.25, 0.3) is 10.0 Å². The van der Waals surface area contributed by atoms with Gasteiger partial charge in [-0.1, -0.05) is 41.9 Å². The topological polar surface area (TPSA) is 119 Å². The van der Waals surface area contributed by atoms with E-state index in [2.05, 4.69) is 9.71 Å². The van der Waals surface area contributed by atoms with E-state index in [1.165, 1.54) is 6.07 Å². The van der Waals surface area contributed by atoms with Crippen LogP contribution in [0, 0.1) is 0 Å². The largest absolute Gasteiger partial charge is 0.342 e. The van der Waals surface area contributed by atoms with Crippen LogP contribution in [0.5, 0.6) is 0 Å². The molecule has 2 aromatic rings. The van der Waals surface area contributed by atoms with Crippen LogP contribution >= 0.6 is 11.6 Å². The number of nitrogens with one attached hydrogen (secondary N) is 1. The van der Waals surface area contributed by atoms with Crippen LogP contribution in [-0.2, 0) is 26.5 Å². The number of hydrogen-bond acceptors (Lipinski definition) is 5. The van der Waals surface area contributed by atoms with Crippen molar-refractivity contribution in [1.29, 1.82) is 0 Å². The van der Waals surface area contributed by atoms with Gasteiger partial charge in [0.2, 0.25) is 10.0 Å². The van der Waals surface area contributed by atoms with Crippen molar-refractivity contribution in [2.45, 2.75) is 29.1 Å². The molecule has 0 aliphatic carbocycles. The smallest absolute Gasteiger partial charge is 0.286 e. The summed E-state index contributed by atoms with van der Waals surface area (Å²) in [4.78, 5) is -0.719. The fourth-order valence-corrected chi connectivity index (χ4v) is 5.00. The molecule has 26 heavy (non-hydrogen) atoms. The van der Waals surface area contributed by atoms with Crippen LogP contribution in [0.2, 0.25) is 5.02 Å². The Kier molecular flexibility index (Phi) is 5.07. The first-order chi connectivity index (χ1) is 12.2. The van der Waals surface area contributed by atoms with E-state index in [0.717, 1.165) is 18.1 Å². The van der Waals surface area contributed by atoms with Crippen LogP contribution < -0.4 is 10.5 Å². The molecule has 3 rings (SSSR count). The Bertz CT molecular complexity index is 1080. The summed E-state index contributed by atoms with van der Waals surface area (Å²) < 4.78 is 51.6. The Morgan fingerprint density at radius 1 is 1.12 bits per heavy atom. The Hall–Kier alpha value is -1.94. The maximum Gasteiger partial charge on any atom is 0.286 e. The van der Waals surface area contributed by atoms with Gasteiger partial charge in [-0.25, -0.2) is 13.6 Å². The second-order valence-electron chi connectivity index (χ2n) is 5.80. The van der Waals surface area contributed by atoms with Gasteiger partial charge in [-0.15, -0.1) is 4.40 Å². The maximum absolute atomic E-state index is 12.4. The molecular weight excluding hydrogens is 398 g/mol. The van der Waals surface area contributed by atoms with Crippen molar-refractivity contribution < 1.29 is 16.8 Å². The van der Waals surface area contributed by atoms with Crippen molar-refractivity contribution in [3.8, 4) is 0 Å². The highest BCUT2D eigenvalue weighted by Gasteiger charge is 2.28. The van der Waals surface area contributed by atoms with Crippen molar-refractivity contribution in [2.75, 3.05) is 5.32 Å². The van der Waals surface area contributed by atoms with E-state index in [-0.39, 0.29) is 21.4 Å². The number of amidine groups is 1. The molecular formula is C16H16ClN3O4S2. The van der Waals surface area contributed by atoms with Crippen molar-refractivity contribution in [3.63, 3.8) is 0 Å². The summed E-state index contributed by atoms with van der Waals surface area (Å²) in [5, 5.41) is 7.82. The molecule has 2 aromatic carbocycles. The minimum Gasteiger partial charge on any atom is -0.342 e. The number of halogens is 1. The normalized spacial score (nSPS) is 15.7. The number of sulfonamides is 2. The first-order valence-corrected chi connectivity index (χ1v) is 11.0. The average Bonchev–Trinajstić information content (AvgIpc) is 2.53. The molecule has 0 bridgehead atoms. The lowest BCUT2D eigenvalue weighted by molar-refractivity contribution is 0.596. The first-order valence-electron chi connectivity index (χ1n) is 7.68. The zero-order chi connectivity index (χ0) is 18.9. The molecule has 0 saturated heterocycles. The third kappa shape index (κ3) is 4.07. The second-order valence-corrected chi connectivity index (χ2v) is 9.31. The molecule has 0 spiro atoms. The van der Waals surface area contributed by atoms with Crippen molar-refractivity contribution >= 4 is 43.2 Å². The summed E-state index contributed by atoms with van der Waals surface area (Å²) in [6.45, 7) is 0. The van der Waals surface area contributed by atoms with Gasteiger partial charge in [-0.05, 0) is 30.5 Å². The fourth-order valence-electron chi connectivity index (χ4n) is 2.65. The van der Waals surface area contributed by atoms with Crippen molar-refractivity contribution in [1.82, 2.24) is 0 Å². The highest BCUT2D eigenvalue weighted by atomic mass is 35.5. The van der Waals surface area contributed by atoms with Gasteiger partial charge in [-0.3, -0.25) is 0 Å². The van der Waals surface area contributed by atoms with E-state index in [0.29, 0.717) is 12.8 Å². The van der Waals surface area contributed by atoms with Gasteiger partial charge in [-0.2, -0.15) is 8.42 Å². The predicted octanol–water partition coefficient (Wildman–Crippen LogP) is 2.52. The quantitative estimate of drug-likeness (QED) is 0.780. The van der Waals surface area contributed by atoms with Gasteiger partial charge in [0.05, 0.1) is 10.7 Å². The lowest BCUT2D eigenvalue weighted by Gasteiger charge is -2.19. The molecule has 1 aliphatic rings. The molecule has 0 atom stereocenters. The molecule has 0 unspecified atom stereocenters. The maximum atomic E-state index is 12.4. The van der Waals surface area contributed by atoms with Gasteiger partial charge >= 0.3 is 0 Å². The van der Waals surface area contributed by atoms with E-state index in [1.54, 1.807) is 0 Å². The Morgan fingerprint density at radius 3 is 2.46 bits per heavy atom. The van der Waals surface area contributed by atoms with E-state index in [1.807, 2.05) is 30.3 Å². The second kappa shape index (κ2) is 6.99. The SMILES string of the molecule is NS(=O)(=O)c1cc2c(cc1Cl)NC(CCCc1ccccc1)=NS2(=O)=O. The molecule has 138 valence electrons. The third-order valence-corrected chi connectivity index (χ3v) is 6.58. The summed E-state index contributed by atoms with van der Waals surface area (Å²) in [5.74, 6) is 0.285. The molecule has 0 saturated carbocycles. The lowest BCUT2D eigenvalue weighted by atomic mass is 10.1. The van der Waals surface area contributed by atoms with Gasteiger partial charge in [0, 0.05) is 6.42 Å². The first kappa shape index (κ1) is 18.8. The highest BCUT2D eigenvalue weighted by Crippen LogP contribution is 2.34. The summed E-state index contributed by atoms with van der Waals surface area (Å²) >= 11 is 5.94. The molecule has 0 amide bonds. The number of hydrogen-bond donors (Lipinski definition) is 2. The number of primary sulfonamides is 1. The minimum absolute atomic E-state index is 0.153. The Labute approximate surface area is 157 Å². The Morgan fingerprint density at radius 2 is 1.81 bits per heavy atom. The number of nitrogens with zero attached hydrogens (tertiary/aromatic N) is 1. The Balaban J connectivity index is 1.83. The highest BCUT2D eigenvalue weighted by molar-refractivity contribution is 7.91. The lowest BCUT2D eigenvalue weighted by Crippen LogP contribution is -2.23. The van der Waals surface area contributed by atoms with Gasteiger partial charge < -0.3 is 5.32 Å². The number of rotatable bonds is 5. The fraction of sp³-hybridized carbons (Fsp3) is 0.188. The van der Waals surface area contributed by atoms with Crippen LogP contribution in [-0.4, -0.2) is 22.7 Å².